The number of anilines is 1. The molecule has 0 radical (unpaired) electrons. The third kappa shape index (κ3) is 3.38. The quantitative estimate of drug-likeness (QED) is 0.670. The highest BCUT2D eigenvalue weighted by Crippen LogP contribution is 2.31. The molecule has 0 saturated carbocycles. The first-order valence-corrected chi connectivity index (χ1v) is 10.7. The van der Waals surface area contributed by atoms with Gasteiger partial charge in [0.05, 0.1) is 22.7 Å². The summed E-state index contributed by atoms with van der Waals surface area (Å²) in [7, 11) is 0. The molecule has 5 rings (SSSR count). The number of rotatable bonds is 2. The summed E-state index contributed by atoms with van der Waals surface area (Å²) in [6.45, 7) is 0.717. The first-order valence-electron chi connectivity index (χ1n) is 9.86. The first kappa shape index (κ1) is 19.4. The average Bonchev–Trinajstić information content (AvgIpc) is 3.30. The molecule has 0 spiro atoms. The molecule has 156 valence electrons. The van der Waals surface area contributed by atoms with Crippen molar-refractivity contribution in [2.45, 2.75) is 6.04 Å². The van der Waals surface area contributed by atoms with Crippen molar-refractivity contribution in [3.8, 4) is 11.1 Å². The highest BCUT2D eigenvalue weighted by molar-refractivity contribution is 7.12. The van der Waals surface area contributed by atoms with Gasteiger partial charge in [-0.25, -0.2) is 4.39 Å². The van der Waals surface area contributed by atoms with E-state index in [4.69, 9.17) is 0 Å². The Morgan fingerprint density at radius 3 is 2.65 bits per heavy atom. The Labute approximate surface area is 181 Å². The SMILES string of the molecule is O=C1Nc2ccc(-c3ccccc3F)cc2C(=O)N2CCN(C(=O)c3cccs3)CC12. The second-order valence-corrected chi connectivity index (χ2v) is 8.42. The van der Waals surface area contributed by atoms with Crippen molar-refractivity contribution in [3.63, 3.8) is 0 Å². The molecule has 2 aromatic carbocycles. The second kappa shape index (κ2) is 7.63. The van der Waals surface area contributed by atoms with Crippen LogP contribution in [0, 0.1) is 5.82 Å². The minimum atomic E-state index is -0.783. The summed E-state index contributed by atoms with van der Waals surface area (Å²) in [6.07, 6.45) is 0. The maximum absolute atomic E-state index is 14.2. The lowest BCUT2D eigenvalue weighted by molar-refractivity contribution is -0.121. The van der Waals surface area contributed by atoms with Crippen molar-refractivity contribution in [3.05, 3.63) is 76.2 Å². The maximum Gasteiger partial charge on any atom is 0.264 e. The number of amides is 3. The molecule has 1 aromatic heterocycles. The molecule has 0 aliphatic carbocycles. The molecular weight excluding hydrogens is 417 g/mol. The molecule has 0 bridgehead atoms. The van der Waals surface area contributed by atoms with Gasteiger partial charge in [-0.3, -0.25) is 14.4 Å². The fourth-order valence-corrected chi connectivity index (χ4v) is 4.75. The molecule has 6 nitrogen and oxygen atoms in total. The number of thiophene rings is 1. The van der Waals surface area contributed by atoms with Gasteiger partial charge in [-0.05, 0) is 35.2 Å². The van der Waals surface area contributed by atoms with E-state index >= 15 is 0 Å². The Bertz CT molecular complexity index is 1190. The number of hydrogen-bond donors (Lipinski definition) is 1. The Morgan fingerprint density at radius 1 is 1.03 bits per heavy atom. The molecule has 2 aliphatic heterocycles. The molecule has 1 unspecified atom stereocenters. The molecular formula is C23H18FN3O3S. The van der Waals surface area contributed by atoms with Gasteiger partial charge in [0, 0.05) is 18.7 Å². The summed E-state index contributed by atoms with van der Waals surface area (Å²) < 4.78 is 14.2. The standard InChI is InChI=1S/C23H18FN3O3S/c24-17-5-2-1-4-15(17)14-7-8-18-16(12-14)22(29)27-10-9-26(13-19(27)21(28)25-18)23(30)20-6-3-11-31-20/h1-8,11-12,19H,9-10,13H2,(H,25,28). The van der Waals surface area contributed by atoms with E-state index in [9.17, 15) is 18.8 Å². The topological polar surface area (TPSA) is 69.7 Å². The van der Waals surface area contributed by atoms with Gasteiger partial charge in [0.15, 0.2) is 0 Å². The number of halogens is 1. The predicted molar refractivity (Wildman–Crippen MR) is 116 cm³/mol. The van der Waals surface area contributed by atoms with Gasteiger partial charge >= 0.3 is 0 Å². The van der Waals surface area contributed by atoms with Crippen LogP contribution in [0.3, 0.4) is 0 Å². The highest BCUT2D eigenvalue weighted by Gasteiger charge is 2.40. The summed E-state index contributed by atoms with van der Waals surface area (Å²) in [5.41, 5.74) is 1.65. The largest absolute Gasteiger partial charge is 0.334 e. The smallest absolute Gasteiger partial charge is 0.264 e. The average molecular weight is 435 g/mol. The zero-order chi connectivity index (χ0) is 21.5. The number of hydrogen-bond acceptors (Lipinski definition) is 4. The summed E-state index contributed by atoms with van der Waals surface area (Å²) in [4.78, 5) is 42.7. The molecule has 2 aliphatic rings. The van der Waals surface area contributed by atoms with Crippen LogP contribution in [-0.4, -0.2) is 53.2 Å². The molecule has 3 heterocycles. The van der Waals surface area contributed by atoms with Crippen molar-refractivity contribution in [2.75, 3.05) is 25.0 Å². The van der Waals surface area contributed by atoms with Gasteiger partial charge in [-0.2, -0.15) is 0 Å². The van der Waals surface area contributed by atoms with Crippen LogP contribution >= 0.6 is 11.3 Å². The van der Waals surface area contributed by atoms with Crippen molar-refractivity contribution < 1.29 is 18.8 Å². The minimum Gasteiger partial charge on any atom is -0.334 e. The third-order valence-corrected chi connectivity index (χ3v) is 6.51. The second-order valence-electron chi connectivity index (χ2n) is 7.47. The van der Waals surface area contributed by atoms with Gasteiger partial charge in [-0.1, -0.05) is 30.3 Å². The van der Waals surface area contributed by atoms with Gasteiger partial charge in [0.2, 0.25) is 5.91 Å². The van der Waals surface area contributed by atoms with Crippen LogP contribution in [0.5, 0.6) is 0 Å². The van der Waals surface area contributed by atoms with Crippen LogP contribution in [0.2, 0.25) is 0 Å². The zero-order valence-corrected chi connectivity index (χ0v) is 17.2. The summed E-state index contributed by atoms with van der Waals surface area (Å²) in [5.74, 6) is -1.17. The fraction of sp³-hybridized carbons (Fsp3) is 0.174. The van der Waals surface area contributed by atoms with E-state index in [1.54, 1.807) is 53.4 Å². The van der Waals surface area contributed by atoms with Crippen LogP contribution in [-0.2, 0) is 4.79 Å². The number of piperazine rings is 1. The summed E-state index contributed by atoms with van der Waals surface area (Å²) in [5, 5.41) is 4.64. The van der Waals surface area contributed by atoms with E-state index in [1.165, 1.54) is 22.3 Å². The molecule has 1 fully saturated rings. The number of nitrogens with zero attached hydrogens (tertiary/aromatic N) is 2. The maximum atomic E-state index is 14.2. The van der Waals surface area contributed by atoms with Crippen LogP contribution < -0.4 is 5.32 Å². The van der Waals surface area contributed by atoms with E-state index in [1.807, 2.05) is 5.38 Å². The lowest BCUT2D eigenvalue weighted by Crippen LogP contribution is -2.59. The van der Waals surface area contributed by atoms with Gasteiger partial charge in [-0.15, -0.1) is 11.3 Å². The van der Waals surface area contributed by atoms with Crippen LogP contribution in [0.25, 0.3) is 11.1 Å². The van der Waals surface area contributed by atoms with Crippen LogP contribution in [0.4, 0.5) is 10.1 Å². The van der Waals surface area contributed by atoms with Crippen LogP contribution in [0.15, 0.2) is 60.0 Å². The Hall–Kier alpha value is -3.52. The van der Waals surface area contributed by atoms with Crippen molar-refractivity contribution in [2.24, 2.45) is 0 Å². The van der Waals surface area contributed by atoms with Gasteiger partial charge < -0.3 is 15.1 Å². The van der Waals surface area contributed by atoms with Gasteiger partial charge in [0.1, 0.15) is 11.9 Å². The minimum absolute atomic E-state index is 0.127. The monoisotopic (exact) mass is 435 g/mol. The predicted octanol–water partition coefficient (Wildman–Crippen LogP) is 3.47. The van der Waals surface area contributed by atoms with Crippen molar-refractivity contribution >= 4 is 34.7 Å². The lowest BCUT2D eigenvalue weighted by atomic mass is 10.0. The molecule has 8 heteroatoms. The van der Waals surface area contributed by atoms with E-state index in [2.05, 4.69) is 5.32 Å². The van der Waals surface area contributed by atoms with E-state index < -0.39 is 6.04 Å². The normalized spacial score (nSPS) is 18.2. The molecule has 3 aromatic rings. The molecule has 1 saturated heterocycles. The molecule has 1 atom stereocenters. The molecule has 1 N–H and O–H groups in total. The van der Waals surface area contributed by atoms with E-state index in [-0.39, 0.29) is 36.6 Å². The Kier molecular flexibility index (Phi) is 4.78. The fourth-order valence-electron chi connectivity index (χ4n) is 4.05. The summed E-state index contributed by atoms with van der Waals surface area (Å²) >= 11 is 1.35. The van der Waals surface area contributed by atoms with E-state index in [0.29, 0.717) is 33.8 Å². The number of carbonyl (C=O) groups is 3. The number of fused-ring (bicyclic) bond motifs is 2. The van der Waals surface area contributed by atoms with Crippen molar-refractivity contribution in [1.29, 1.82) is 0 Å². The lowest BCUT2D eigenvalue weighted by Gasteiger charge is -2.39. The van der Waals surface area contributed by atoms with Crippen LogP contribution in [0.1, 0.15) is 20.0 Å². The first-order chi connectivity index (χ1) is 15.0. The number of benzene rings is 2. The summed E-state index contributed by atoms with van der Waals surface area (Å²) in [6, 6.07) is 14.0. The highest BCUT2D eigenvalue weighted by atomic mass is 32.1. The van der Waals surface area contributed by atoms with E-state index in [0.717, 1.165) is 0 Å². The third-order valence-electron chi connectivity index (χ3n) is 5.66. The zero-order valence-electron chi connectivity index (χ0n) is 16.4. The van der Waals surface area contributed by atoms with Gasteiger partial charge in [0.25, 0.3) is 11.8 Å². The Balaban J connectivity index is 1.46. The number of nitrogens with one attached hydrogen (secondary N) is 1. The Morgan fingerprint density at radius 2 is 1.87 bits per heavy atom. The molecule has 31 heavy (non-hydrogen) atoms. The number of carbonyl (C=O) groups excluding carboxylic acids is 3. The molecule has 3 amide bonds. The van der Waals surface area contributed by atoms with Crippen molar-refractivity contribution in [1.82, 2.24) is 9.80 Å².